The summed E-state index contributed by atoms with van der Waals surface area (Å²) in [5.41, 5.74) is 1.20. The Balaban J connectivity index is 1.63. The lowest BCUT2D eigenvalue weighted by Crippen LogP contribution is -2.39. The molecule has 0 bridgehead atoms. The zero-order valence-electron chi connectivity index (χ0n) is 10.3. The molecule has 2 atom stereocenters. The maximum atomic E-state index is 12.3. The van der Waals surface area contributed by atoms with Crippen molar-refractivity contribution in [3.8, 4) is 0 Å². The van der Waals surface area contributed by atoms with Crippen molar-refractivity contribution in [2.24, 2.45) is 0 Å². The predicted molar refractivity (Wildman–Crippen MR) is 68.0 cm³/mol. The van der Waals surface area contributed by atoms with E-state index in [2.05, 4.69) is 17.4 Å². The molecule has 1 N–H and O–H groups in total. The molecule has 4 heteroatoms. The van der Waals surface area contributed by atoms with Crippen LogP contribution in [0.3, 0.4) is 0 Å². The van der Waals surface area contributed by atoms with Crippen LogP contribution in [-0.4, -0.2) is 42.8 Å². The molecule has 2 saturated heterocycles. The molecule has 0 spiro atoms. The Bertz CT molecular complexity index is 415. The average Bonchev–Trinajstić information content (AvgIpc) is 3.02. The van der Waals surface area contributed by atoms with Gasteiger partial charge >= 0.3 is 0 Å². The molecule has 2 aliphatic heterocycles. The second-order valence-electron chi connectivity index (χ2n) is 4.93. The van der Waals surface area contributed by atoms with Crippen molar-refractivity contribution < 1.29 is 9.53 Å². The van der Waals surface area contributed by atoms with Gasteiger partial charge in [0.2, 0.25) is 5.91 Å². The van der Waals surface area contributed by atoms with Crippen molar-refractivity contribution in [1.82, 2.24) is 10.2 Å². The maximum Gasteiger partial charge on any atom is 0.241 e. The van der Waals surface area contributed by atoms with Crippen molar-refractivity contribution in [1.29, 1.82) is 0 Å². The van der Waals surface area contributed by atoms with Gasteiger partial charge in [0.25, 0.3) is 0 Å². The van der Waals surface area contributed by atoms with E-state index in [9.17, 15) is 4.79 Å². The molecule has 0 aromatic heterocycles. The normalized spacial score (nSPS) is 28.0. The monoisotopic (exact) mass is 246 g/mol. The van der Waals surface area contributed by atoms with E-state index in [0.717, 1.165) is 19.4 Å². The van der Waals surface area contributed by atoms with Crippen LogP contribution < -0.4 is 5.32 Å². The molecule has 1 aromatic rings. The number of hydrogen-bond acceptors (Lipinski definition) is 3. The number of nitrogens with one attached hydrogen (secondary N) is 1. The zero-order valence-corrected chi connectivity index (χ0v) is 10.3. The lowest BCUT2D eigenvalue weighted by Gasteiger charge is -2.21. The Hall–Kier alpha value is -1.39. The van der Waals surface area contributed by atoms with Crippen molar-refractivity contribution >= 4 is 5.91 Å². The van der Waals surface area contributed by atoms with Crippen molar-refractivity contribution in [3.05, 3.63) is 35.9 Å². The Kier molecular flexibility index (Phi) is 3.30. The standard InChI is InChI=1S/C14H18N2O2/c17-14-13(8-11-4-2-1-3-5-11)15-10-16(14)12-6-7-18-9-12/h1-5,12-13,15H,6-10H2. The number of amides is 1. The highest BCUT2D eigenvalue weighted by Gasteiger charge is 2.36. The third-order valence-electron chi connectivity index (χ3n) is 3.72. The molecule has 1 amide bonds. The molecule has 0 saturated carbocycles. The van der Waals surface area contributed by atoms with Crippen LogP contribution in [0.2, 0.25) is 0 Å². The van der Waals surface area contributed by atoms with Gasteiger partial charge in [-0.1, -0.05) is 30.3 Å². The highest BCUT2D eigenvalue weighted by molar-refractivity contribution is 5.84. The summed E-state index contributed by atoms with van der Waals surface area (Å²) >= 11 is 0. The van der Waals surface area contributed by atoms with Gasteiger partial charge in [-0.3, -0.25) is 10.1 Å². The Morgan fingerprint density at radius 1 is 1.33 bits per heavy atom. The minimum Gasteiger partial charge on any atom is -0.379 e. The number of ether oxygens (including phenoxy) is 1. The van der Waals surface area contributed by atoms with Crippen LogP contribution in [0.4, 0.5) is 0 Å². The summed E-state index contributed by atoms with van der Waals surface area (Å²) < 4.78 is 5.35. The Morgan fingerprint density at radius 3 is 2.89 bits per heavy atom. The van der Waals surface area contributed by atoms with E-state index in [4.69, 9.17) is 4.74 Å². The summed E-state index contributed by atoms with van der Waals surface area (Å²) in [4.78, 5) is 14.2. The topological polar surface area (TPSA) is 41.6 Å². The molecule has 2 heterocycles. The minimum atomic E-state index is -0.0759. The van der Waals surface area contributed by atoms with Crippen LogP contribution in [-0.2, 0) is 16.0 Å². The number of nitrogens with zero attached hydrogens (tertiary/aromatic N) is 1. The first-order valence-corrected chi connectivity index (χ1v) is 6.50. The summed E-state index contributed by atoms with van der Waals surface area (Å²) in [5.74, 6) is 0.217. The zero-order chi connectivity index (χ0) is 12.4. The molecular weight excluding hydrogens is 228 g/mol. The van der Waals surface area contributed by atoms with Gasteiger partial charge in [0.05, 0.1) is 25.4 Å². The third kappa shape index (κ3) is 2.26. The second kappa shape index (κ2) is 5.08. The van der Waals surface area contributed by atoms with Gasteiger partial charge in [0, 0.05) is 6.61 Å². The molecule has 96 valence electrons. The minimum absolute atomic E-state index is 0.0759. The highest BCUT2D eigenvalue weighted by atomic mass is 16.5. The molecule has 0 radical (unpaired) electrons. The van der Waals surface area contributed by atoms with Crippen LogP contribution in [0.25, 0.3) is 0 Å². The number of rotatable bonds is 3. The van der Waals surface area contributed by atoms with E-state index in [-0.39, 0.29) is 18.0 Å². The molecule has 3 rings (SSSR count). The second-order valence-corrected chi connectivity index (χ2v) is 4.93. The molecule has 0 aliphatic carbocycles. The number of benzene rings is 1. The van der Waals surface area contributed by atoms with Gasteiger partial charge in [0.15, 0.2) is 0 Å². The molecular formula is C14H18N2O2. The lowest BCUT2D eigenvalue weighted by molar-refractivity contribution is -0.130. The van der Waals surface area contributed by atoms with Gasteiger partial charge in [-0.25, -0.2) is 0 Å². The number of carbonyl (C=O) groups is 1. The van der Waals surface area contributed by atoms with Crippen LogP contribution in [0, 0.1) is 0 Å². The first kappa shape index (κ1) is 11.7. The SMILES string of the molecule is O=C1C(Cc2ccccc2)NCN1C1CCOC1. The van der Waals surface area contributed by atoms with E-state index >= 15 is 0 Å². The fourth-order valence-corrected chi connectivity index (χ4v) is 2.66. The number of hydrogen-bond donors (Lipinski definition) is 1. The first-order valence-electron chi connectivity index (χ1n) is 6.50. The third-order valence-corrected chi connectivity index (χ3v) is 3.72. The predicted octanol–water partition coefficient (Wildman–Crippen LogP) is 0.776. The van der Waals surface area contributed by atoms with E-state index < -0.39 is 0 Å². The summed E-state index contributed by atoms with van der Waals surface area (Å²) in [6, 6.07) is 10.3. The van der Waals surface area contributed by atoms with Gasteiger partial charge in [0.1, 0.15) is 0 Å². The highest BCUT2D eigenvalue weighted by Crippen LogP contribution is 2.18. The van der Waals surface area contributed by atoms with Gasteiger partial charge in [-0.05, 0) is 18.4 Å². The average molecular weight is 246 g/mol. The van der Waals surface area contributed by atoms with Crippen LogP contribution in [0.15, 0.2) is 30.3 Å². The van der Waals surface area contributed by atoms with E-state index in [0.29, 0.717) is 13.3 Å². The van der Waals surface area contributed by atoms with Gasteiger partial charge in [-0.2, -0.15) is 0 Å². The summed E-state index contributed by atoms with van der Waals surface area (Å²) in [6.45, 7) is 2.12. The van der Waals surface area contributed by atoms with Crippen LogP contribution in [0.1, 0.15) is 12.0 Å². The van der Waals surface area contributed by atoms with Crippen molar-refractivity contribution in [2.75, 3.05) is 19.9 Å². The molecule has 2 aliphatic rings. The van der Waals surface area contributed by atoms with Crippen LogP contribution in [0.5, 0.6) is 0 Å². The van der Waals surface area contributed by atoms with E-state index in [1.165, 1.54) is 5.56 Å². The molecule has 1 aromatic carbocycles. The van der Waals surface area contributed by atoms with E-state index in [1.807, 2.05) is 23.1 Å². The lowest BCUT2D eigenvalue weighted by atomic mass is 10.1. The van der Waals surface area contributed by atoms with Crippen molar-refractivity contribution in [3.63, 3.8) is 0 Å². The Labute approximate surface area is 107 Å². The van der Waals surface area contributed by atoms with Crippen molar-refractivity contribution in [2.45, 2.75) is 24.9 Å². The first-order chi connectivity index (χ1) is 8.84. The van der Waals surface area contributed by atoms with Gasteiger partial charge in [-0.15, -0.1) is 0 Å². The maximum absolute atomic E-state index is 12.3. The fraction of sp³-hybridized carbons (Fsp3) is 0.500. The summed E-state index contributed by atoms with van der Waals surface area (Å²) in [7, 11) is 0. The summed E-state index contributed by atoms with van der Waals surface area (Å²) in [5, 5.41) is 3.30. The fourth-order valence-electron chi connectivity index (χ4n) is 2.66. The summed E-state index contributed by atoms with van der Waals surface area (Å²) in [6.07, 6.45) is 1.73. The Morgan fingerprint density at radius 2 is 2.17 bits per heavy atom. The van der Waals surface area contributed by atoms with Gasteiger partial charge < -0.3 is 9.64 Å². The quantitative estimate of drug-likeness (QED) is 0.857. The molecule has 4 nitrogen and oxygen atoms in total. The number of carbonyl (C=O) groups excluding carboxylic acids is 1. The van der Waals surface area contributed by atoms with Crippen LogP contribution >= 0.6 is 0 Å². The van der Waals surface area contributed by atoms with E-state index in [1.54, 1.807) is 0 Å². The molecule has 2 fully saturated rings. The smallest absolute Gasteiger partial charge is 0.241 e. The largest absolute Gasteiger partial charge is 0.379 e. The molecule has 2 unspecified atom stereocenters. The molecule has 18 heavy (non-hydrogen) atoms.